The molecule has 8 heteroatoms. The Morgan fingerprint density at radius 3 is 2.29 bits per heavy atom. The Hall–Kier alpha value is -3.62. The topological polar surface area (TPSA) is 75.7 Å². The molecule has 174 valence electrons. The summed E-state index contributed by atoms with van der Waals surface area (Å²) in [6.07, 6.45) is 0. The second-order valence-corrected chi connectivity index (χ2v) is 10.5. The van der Waals surface area contributed by atoms with E-state index >= 15 is 0 Å². The zero-order valence-corrected chi connectivity index (χ0v) is 20.3. The first-order valence-corrected chi connectivity index (χ1v) is 12.9. The van der Waals surface area contributed by atoms with Crippen molar-refractivity contribution in [3.05, 3.63) is 96.4 Å². The molecule has 0 radical (unpaired) electrons. The van der Waals surface area contributed by atoms with Gasteiger partial charge in [-0.25, -0.2) is 12.7 Å². The van der Waals surface area contributed by atoms with Crippen LogP contribution >= 0.6 is 11.3 Å². The van der Waals surface area contributed by atoms with Crippen molar-refractivity contribution in [1.29, 1.82) is 0 Å². The summed E-state index contributed by atoms with van der Waals surface area (Å²) in [5, 5.41) is 4.62. The number of methoxy groups -OCH3 is 1. The SMILES string of the molecule is COc1ccccc1N(C(C)C(=O)Nc1ccccc1-c1ccccc1)S(=O)(=O)c1cccs1. The number of carbonyl (C=O) groups excluding carboxylic acids is 1. The van der Waals surface area contributed by atoms with Gasteiger partial charge in [-0.1, -0.05) is 66.7 Å². The number of nitrogens with one attached hydrogen (secondary N) is 1. The predicted molar refractivity (Wildman–Crippen MR) is 137 cm³/mol. The molecule has 3 aromatic carbocycles. The van der Waals surface area contributed by atoms with Crippen molar-refractivity contribution < 1.29 is 17.9 Å². The molecule has 1 aromatic heterocycles. The van der Waals surface area contributed by atoms with Gasteiger partial charge in [-0.3, -0.25) is 4.79 Å². The van der Waals surface area contributed by atoms with Crippen LogP contribution in [0, 0.1) is 0 Å². The lowest BCUT2D eigenvalue weighted by Gasteiger charge is -2.30. The van der Waals surface area contributed by atoms with Crippen molar-refractivity contribution in [3.63, 3.8) is 0 Å². The van der Waals surface area contributed by atoms with Crippen LogP contribution in [-0.2, 0) is 14.8 Å². The lowest BCUT2D eigenvalue weighted by Crippen LogP contribution is -2.45. The van der Waals surface area contributed by atoms with Crippen molar-refractivity contribution in [2.24, 2.45) is 0 Å². The number of anilines is 2. The number of thiophene rings is 1. The molecule has 6 nitrogen and oxygen atoms in total. The number of nitrogens with zero attached hydrogens (tertiary/aromatic N) is 1. The maximum absolute atomic E-state index is 13.6. The maximum atomic E-state index is 13.6. The number of amides is 1. The molecule has 34 heavy (non-hydrogen) atoms. The van der Waals surface area contributed by atoms with Crippen LogP contribution in [0.25, 0.3) is 11.1 Å². The van der Waals surface area contributed by atoms with Crippen LogP contribution in [0.5, 0.6) is 5.75 Å². The molecular formula is C26H24N2O4S2. The molecule has 0 aliphatic carbocycles. The largest absolute Gasteiger partial charge is 0.495 e. The molecule has 0 saturated heterocycles. The Bertz CT molecular complexity index is 1370. The van der Waals surface area contributed by atoms with E-state index in [1.807, 2.05) is 48.5 Å². The predicted octanol–water partition coefficient (Wildman–Crippen LogP) is 5.65. The fourth-order valence-electron chi connectivity index (χ4n) is 3.67. The number of hydrogen-bond acceptors (Lipinski definition) is 5. The standard InChI is InChI=1S/C26H24N2O4S2/c1-19(26(29)27-22-14-7-6-13-21(22)20-11-4-3-5-12-20)28(23-15-8-9-16-24(23)32-2)34(30,31)25-17-10-18-33-25/h3-19H,1-2H3,(H,27,29). The monoisotopic (exact) mass is 492 g/mol. The van der Waals surface area contributed by atoms with E-state index in [9.17, 15) is 13.2 Å². The highest BCUT2D eigenvalue weighted by atomic mass is 32.2. The normalized spacial score (nSPS) is 12.1. The zero-order chi connectivity index (χ0) is 24.1. The average Bonchev–Trinajstić information content (AvgIpc) is 3.41. The first-order chi connectivity index (χ1) is 16.4. The first-order valence-electron chi connectivity index (χ1n) is 10.6. The van der Waals surface area contributed by atoms with Gasteiger partial charge in [-0.15, -0.1) is 11.3 Å². The summed E-state index contributed by atoms with van der Waals surface area (Å²) < 4.78 is 34.0. The molecule has 4 rings (SSSR count). The van der Waals surface area contributed by atoms with Crippen LogP contribution in [0.4, 0.5) is 11.4 Å². The minimum Gasteiger partial charge on any atom is -0.495 e. The highest BCUT2D eigenvalue weighted by molar-refractivity contribution is 7.94. The fourth-order valence-corrected chi connectivity index (χ4v) is 6.38. The summed E-state index contributed by atoms with van der Waals surface area (Å²) in [4.78, 5) is 13.5. The maximum Gasteiger partial charge on any atom is 0.274 e. The average molecular weight is 493 g/mol. The summed E-state index contributed by atoms with van der Waals surface area (Å²) in [6.45, 7) is 1.57. The van der Waals surface area contributed by atoms with E-state index in [-0.39, 0.29) is 9.90 Å². The molecule has 0 aliphatic heterocycles. The third kappa shape index (κ3) is 4.69. The van der Waals surface area contributed by atoms with Crippen LogP contribution in [0.3, 0.4) is 0 Å². The summed E-state index contributed by atoms with van der Waals surface area (Å²) in [6, 6.07) is 26.0. The van der Waals surface area contributed by atoms with E-state index in [4.69, 9.17) is 4.74 Å². The molecule has 1 N–H and O–H groups in total. The second-order valence-electron chi connectivity index (χ2n) is 7.48. The molecule has 1 amide bonds. The fraction of sp³-hybridized carbons (Fsp3) is 0.115. The molecule has 1 heterocycles. The lowest BCUT2D eigenvalue weighted by molar-refractivity contribution is -0.116. The quantitative estimate of drug-likeness (QED) is 0.345. The van der Waals surface area contributed by atoms with Crippen molar-refractivity contribution in [1.82, 2.24) is 0 Å². The van der Waals surface area contributed by atoms with E-state index in [1.165, 1.54) is 13.2 Å². The number of para-hydroxylation sites is 3. The van der Waals surface area contributed by atoms with Gasteiger partial charge >= 0.3 is 0 Å². The molecule has 1 unspecified atom stereocenters. The third-order valence-electron chi connectivity index (χ3n) is 5.33. The van der Waals surface area contributed by atoms with Gasteiger partial charge in [0.2, 0.25) is 5.91 Å². The molecule has 4 aromatic rings. The Balaban J connectivity index is 1.74. The summed E-state index contributed by atoms with van der Waals surface area (Å²) in [7, 11) is -2.56. The number of sulfonamides is 1. The first kappa shape index (κ1) is 23.5. The Morgan fingerprint density at radius 2 is 1.59 bits per heavy atom. The number of ether oxygens (including phenoxy) is 1. The van der Waals surface area contributed by atoms with E-state index in [1.54, 1.807) is 48.7 Å². The van der Waals surface area contributed by atoms with Crippen LogP contribution < -0.4 is 14.4 Å². The lowest BCUT2D eigenvalue weighted by atomic mass is 10.0. The molecule has 0 aliphatic rings. The Kier molecular flexibility index (Phi) is 7.00. The van der Waals surface area contributed by atoms with Crippen LogP contribution in [-0.4, -0.2) is 27.5 Å². The molecular weight excluding hydrogens is 468 g/mol. The molecule has 1 atom stereocenters. The van der Waals surface area contributed by atoms with Crippen LogP contribution in [0.15, 0.2) is 101 Å². The van der Waals surface area contributed by atoms with Gasteiger partial charge < -0.3 is 10.1 Å². The third-order valence-corrected chi connectivity index (χ3v) is 8.59. The van der Waals surface area contributed by atoms with Gasteiger partial charge in [0.05, 0.1) is 12.8 Å². The Labute approximate surface area is 203 Å². The molecule has 0 saturated carbocycles. The highest BCUT2D eigenvalue weighted by Gasteiger charge is 2.36. The number of hydrogen-bond donors (Lipinski definition) is 1. The van der Waals surface area contributed by atoms with Crippen LogP contribution in [0.2, 0.25) is 0 Å². The summed E-state index contributed by atoms with van der Waals surface area (Å²) >= 11 is 1.10. The molecule has 0 bridgehead atoms. The van der Waals surface area contributed by atoms with Gasteiger partial charge in [0.1, 0.15) is 16.0 Å². The summed E-state index contributed by atoms with van der Waals surface area (Å²) in [5.41, 5.74) is 2.67. The second kappa shape index (κ2) is 10.1. The minimum atomic E-state index is -4.03. The van der Waals surface area contributed by atoms with E-state index in [0.717, 1.165) is 26.8 Å². The van der Waals surface area contributed by atoms with Crippen molar-refractivity contribution in [2.45, 2.75) is 17.2 Å². The number of benzene rings is 3. The molecule has 0 spiro atoms. The smallest absolute Gasteiger partial charge is 0.274 e. The van der Waals surface area contributed by atoms with E-state index in [0.29, 0.717) is 11.4 Å². The van der Waals surface area contributed by atoms with E-state index in [2.05, 4.69) is 5.32 Å². The van der Waals surface area contributed by atoms with Gasteiger partial charge in [-0.05, 0) is 42.1 Å². The van der Waals surface area contributed by atoms with Gasteiger partial charge in [0.25, 0.3) is 10.0 Å². The number of rotatable bonds is 8. The van der Waals surface area contributed by atoms with Gasteiger partial charge in [-0.2, -0.15) is 0 Å². The number of carbonyl (C=O) groups is 1. The van der Waals surface area contributed by atoms with E-state index < -0.39 is 22.0 Å². The van der Waals surface area contributed by atoms with Crippen molar-refractivity contribution in [3.8, 4) is 16.9 Å². The van der Waals surface area contributed by atoms with Gasteiger partial charge in [0.15, 0.2) is 0 Å². The van der Waals surface area contributed by atoms with Crippen molar-refractivity contribution >= 4 is 38.6 Å². The minimum absolute atomic E-state index is 0.141. The molecule has 0 fully saturated rings. The highest BCUT2D eigenvalue weighted by Crippen LogP contribution is 2.36. The van der Waals surface area contributed by atoms with Crippen LogP contribution in [0.1, 0.15) is 6.92 Å². The van der Waals surface area contributed by atoms with Gasteiger partial charge in [0, 0.05) is 11.3 Å². The zero-order valence-electron chi connectivity index (χ0n) is 18.7. The Morgan fingerprint density at radius 1 is 0.912 bits per heavy atom. The summed E-state index contributed by atoms with van der Waals surface area (Å²) in [5.74, 6) is -0.110. The van der Waals surface area contributed by atoms with Crippen molar-refractivity contribution in [2.75, 3.05) is 16.7 Å².